The zero-order valence-electron chi connectivity index (χ0n) is 8.96. The molecule has 0 fully saturated rings. The first-order chi connectivity index (χ1) is 7.83. The number of para-hydroxylation sites is 1. The molecule has 0 saturated heterocycles. The summed E-state index contributed by atoms with van der Waals surface area (Å²) in [5.74, 6) is -0.107. The van der Waals surface area contributed by atoms with Crippen LogP contribution in [0, 0.1) is 0 Å². The molecular formula is C12H12N2O2. The van der Waals surface area contributed by atoms with E-state index in [0.717, 1.165) is 5.69 Å². The Balaban J connectivity index is 2.37. The van der Waals surface area contributed by atoms with E-state index in [0.29, 0.717) is 12.4 Å². The summed E-state index contributed by atoms with van der Waals surface area (Å²) in [6.45, 7) is 2.12. The van der Waals surface area contributed by atoms with E-state index in [9.17, 15) is 4.79 Å². The van der Waals surface area contributed by atoms with Crippen molar-refractivity contribution in [3.63, 3.8) is 0 Å². The number of aromatic nitrogens is 2. The first-order valence-corrected chi connectivity index (χ1v) is 5.09. The molecule has 0 aliphatic rings. The van der Waals surface area contributed by atoms with Crippen molar-refractivity contribution in [2.45, 2.75) is 6.92 Å². The van der Waals surface area contributed by atoms with E-state index in [2.05, 4.69) is 4.98 Å². The highest BCUT2D eigenvalue weighted by atomic mass is 16.5. The molecule has 2 rings (SSSR count). The largest absolute Gasteiger partial charge is 0.460 e. The van der Waals surface area contributed by atoms with Gasteiger partial charge in [0.05, 0.1) is 6.61 Å². The van der Waals surface area contributed by atoms with E-state index >= 15 is 0 Å². The molecule has 0 atom stereocenters. The predicted molar refractivity (Wildman–Crippen MR) is 59.5 cm³/mol. The number of esters is 1. The van der Waals surface area contributed by atoms with Crippen LogP contribution in [-0.4, -0.2) is 22.1 Å². The second-order valence-corrected chi connectivity index (χ2v) is 3.18. The number of hydrogen-bond donors (Lipinski definition) is 0. The maximum absolute atomic E-state index is 11.6. The lowest BCUT2D eigenvalue weighted by molar-refractivity contribution is 0.0510. The predicted octanol–water partition coefficient (Wildman–Crippen LogP) is 2.05. The molecule has 1 aromatic carbocycles. The molecule has 0 N–H and O–H groups in total. The van der Waals surface area contributed by atoms with Gasteiger partial charge in [0.15, 0.2) is 0 Å². The number of ether oxygens (including phenoxy) is 1. The van der Waals surface area contributed by atoms with Crippen molar-refractivity contribution >= 4 is 5.97 Å². The first kappa shape index (κ1) is 10.4. The Morgan fingerprint density at radius 2 is 2.12 bits per heavy atom. The summed E-state index contributed by atoms with van der Waals surface area (Å²) in [5.41, 5.74) is 0.892. The van der Waals surface area contributed by atoms with Gasteiger partial charge in [0, 0.05) is 18.1 Å². The van der Waals surface area contributed by atoms with Crippen molar-refractivity contribution in [1.29, 1.82) is 0 Å². The molecule has 82 valence electrons. The van der Waals surface area contributed by atoms with Gasteiger partial charge < -0.3 is 4.74 Å². The summed E-state index contributed by atoms with van der Waals surface area (Å²) in [4.78, 5) is 15.6. The zero-order chi connectivity index (χ0) is 11.4. The molecule has 2 aromatic rings. The van der Waals surface area contributed by atoms with Gasteiger partial charge in [-0.1, -0.05) is 18.2 Å². The molecule has 0 radical (unpaired) electrons. The minimum Gasteiger partial charge on any atom is -0.460 e. The minimum atomic E-state index is -0.406. The van der Waals surface area contributed by atoms with Crippen LogP contribution in [0.1, 0.15) is 17.5 Å². The Morgan fingerprint density at radius 1 is 1.38 bits per heavy atom. The second-order valence-electron chi connectivity index (χ2n) is 3.18. The van der Waals surface area contributed by atoms with Crippen molar-refractivity contribution in [3.05, 3.63) is 48.5 Å². The van der Waals surface area contributed by atoms with E-state index in [1.54, 1.807) is 23.9 Å². The average Bonchev–Trinajstić information content (AvgIpc) is 2.79. The summed E-state index contributed by atoms with van der Waals surface area (Å²) < 4.78 is 6.63. The van der Waals surface area contributed by atoms with Crippen LogP contribution in [0.5, 0.6) is 0 Å². The fourth-order valence-corrected chi connectivity index (χ4v) is 1.45. The number of nitrogens with zero attached hydrogens (tertiary/aromatic N) is 2. The van der Waals surface area contributed by atoms with Crippen LogP contribution < -0.4 is 0 Å². The molecule has 4 nitrogen and oxygen atoms in total. The lowest BCUT2D eigenvalue weighted by Crippen LogP contribution is -2.11. The van der Waals surface area contributed by atoms with Crippen LogP contribution in [0.3, 0.4) is 0 Å². The fourth-order valence-electron chi connectivity index (χ4n) is 1.45. The van der Waals surface area contributed by atoms with Crippen LogP contribution in [-0.2, 0) is 4.74 Å². The normalized spacial score (nSPS) is 10.1. The van der Waals surface area contributed by atoms with Crippen molar-refractivity contribution < 1.29 is 9.53 Å². The van der Waals surface area contributed by atoms with Crippen LogP contribution >= 0.6 is 0 Å². The minimum absolute atomic E-state index is 0.299. The molecular weight excluding hydrogens is 204 g/mol. The van der Waals surface area contributed by atoms with Crippen molar-refractivity contribution in [1.82, 2.24) is 9.55 Å². The number of rotatable bonds is 3. The molecule has 0 amide bonds. The third-order valence-corrected chi connectivity index (χ3v) is 2.13. The van der Waals surface area contributed by atoms with E-state index < -0.39 is 5.97 Å². The summed E-state index contributed by atoms with van der Waals surface area (Å²) in [5, 5.41) is 0. The number of carbonyl (C=O) groups is 1. The third-order valence-electron chi connectivity index (χ3n) is 2.13. The van der Waals surface area contributed by atoms with Crippen LogP contribution in [0.15, 0.2) is 42.7 Å². The Bertz CT molecular complexity index is 477. The Labute approximate surface area is 93.5 Å². The van der Waals surface area contributed by atoms with E-state index in [4.69, 9.17) is 4.74 Å². The quantitative estimate of drug-likeness (QED) is 0.737. The van der Waals surface area contributed by atoms with Gasteiger partial charge in [-0.25, -0.2) is 9.78 Å². The SMILES string of the molecule is CCOC(=O)c1nccn1-c1ccccc1. The van der Waals surface area contributed by atoms with Crippen molar-refractivity contribution in [2.75, 3.05) is 6.61 Å². The molecule has 0 spiro atoms. The van der Waals surface area contributed by atoms with Gasteiger partial charge in [-0.3, -0.25) is 4.57 Å². The van der Waals surface area contributed by atoms with Gasteiger partial charge in [-0.2, -0.15) is 0 Å². The van der Waals surface area contributed by atoms with Gasteiger partial charge in [-0.15, -0.1) is 0 Å². The smallest absolute Gasteiger partial charge is 0.374 e. The second kappa shape index (κ2) is 4.61. The molecule has 1 heterocycles. The summed E-state index contributed by atoms with van der Waals surface area (Å²) in [6.07, 6.45) is 3.32. The molecule has 16 heavy (non-hydrogen) atoms. The lowest BCUT2D eigenvalue weighted by Gasteiger charge is -2.06. The van der Waals surface area contributed by atoms with Gasteiger partial charge in [0.2, 0.25) is 5.82 Å². The summed E-state index contributed by atoms with van der Waals surface area (Å²) in [6, 6.07) is 9.55. The van der Waals surface area contributed by atoms with Gasteiger partial charge >= 0.3 is 5.97 Å². The third kappa shape index (κ3) is 1.95. The van der Waals surface area contributed by atoms with E-state index in [-0.39, 0.29) is 0 Å². The highest BCUT2D eigenvalue weighted by Gasteiger charge is 2.14. The Morgan fingerprint density at radius 3 is 2.81 bits per heavy atom. The number of carbonyl (C=O) groups excluding carboxylic acids is 1. The number of hydrogen-bond acceptors (Lipinski definition) is 3. The fraction of sp³-hybridized carbons (Fsp3) is 0.167. The summed E-state index contributed by atoms with van der Waals surface area (Å²) >= 11 is 0. The van der Waals surface area contributed by atoms with E-state index in [1.165, 1.54) is 0 Å². The molecule has 0 bridgehead atoms. The molecule has 0 aliphatic carbocycles. The van der Waals surface area contributed by atoms with Crippen molar-refractivity contribution in [3.8, 4) is 5.69 Å². The molecule has 0 unspecified atom stereocenters. The van der Waals surface area contributed by atoms with Gasteiger partial charge in [0.25, 0.3) is 0 Å². The Kier molecular flexibility index (Phi) is 3.00. The first-order valence-electron chi connectivity index (χ1n) is 5.09. The van der Waals surface area contributed by atoms with Crippen LogP contribution in [0.25, 0.3) is 5.69 Å². The van der Waals surface area contributed by atoms with Gasteiger partial charge in [-0.05, 0) is 19.1 Å². The molecule has 4 heteroatoms. The highest BCUT2D eigenvalue weighted by Crippen LogP contribution is 2.10. The lowest BCUT2D eigenvalue weighted by atomic mass is 10.3. The molecule has 1 aromatic heterocycles. The number of benzene rings is 1. The topological polar surface area (TPSA) is 44.1 Å². The standard InChI is InChI=1S/C12H12N2O2/c1-2-16-12(15)11-13-8-9-14(11)10-6-4-3-5-7-10/h3-9H,2H2,1H3. The maximum atomic E-state index is 11.6. The highest BCUT2D eigenvalue weighted by molar-refractivity contribution is 5.86. The van der Waals surface area contributed by atoms with E-state index in [1.807, 2.05) is 30.3 Å². The van der Waals surface area contributed by atoms with Gasteiger partial charge in [0.1, 0.15) is 0 Å². The van der Waals surface area contributed by atoms with Crippen LogP contribution in [0.4, 0.5) is 0 Å². The van der Waals surface area contributed by atoms with Crippen LogP contribution in [0.2, 0.25) is 0 Å². The molecule has 0 saturated carbocycles. The monoisotopic (exact) mass is 216 g/mol. The van der Waals surface area contributed by atoms with Crippen molar-refractivity contribution in [2.24, 2.45) is 0 Å². The molecule has 0 aliphatic heterocycles. The average molecular weight is 216 g/mol. The number of imidazole rings is 1. The summed E-state index contributed by atoms with van der Waals surface area (Å²) in [7, 11) is 0. The Hall–Kier alpha value is -2.10. The zero-order valence-corrected chi connectivity index (χ0v) is 8.96. The maximum Gasteiger partial charge on any atom is 0.374 e.